The fourth-order valence-electron chi connectivity index (χ4n) is 1.79. The van der Waals surface area contributed by atoms with Crippen LogP contribution in [0.15, 0.2) is 0 Å². The van der Waals surface area contributed by atoms with E-state index in [1.54, 1.807) is 11.8 Å². The van der Waals surface area contributed by atoms with Crippen molar-refractivity contribution >= 4 is 17.5 Å². The van der Waals surface area contributed by atoms with Gasteiger partial charge in [-0.3, -0.25) is 4.79 Å². The van der Waals surface area contributed by atoms with Crippen molar-refractivity contribution in [3.05, 3.63) is 0 Å². The van der Waals surface area contributed by atoms with Crippen molar-refractivity contribution in [2.75, 3.05) is 24.7 Å². The number of ketones is 1. The predicted molar refractivity (Wildman–Crippen MR) is 46.1 cm³/mol. The molecule has 0 aromatic carbocycles. The van der Waals surface area contributed by atoms with Crippen LogP contribution in [0.2, 0.25) is 0 Å². The van der Waals surface area contributed by atoms with Crippen LogP contribution in [-0.2, 0) is 9.53 Å². The zero-order chi connectivity index (χ0) is 8.55. The molecule has 3 atom stereocenters. The molecule has 1 N–H and O–H groups in total. The summed E-state index contributed by atoms with van der Waals surface area (Å²) in [4.78, 5) is 11.3. The lowest BCUT2D eigenvalue weighted by molar-refractivity contribution is -0.121. The largest absolute Gasteiger partial charge is 0.390 e. The van der Waals surface area contributed by atoms with Crippen LogP contribution in [-0.4, -0.2) is 41.7 Å². The summed E-state index contributed by atoms with van der Waals surface area (Å²) in [6.45, 7) is 0.956. The minimum Gasteiger partial charge on any atom is -0.390 e. The van der Waals surface area contributed by atoms with Crippen molar-refractivity contribution in [1.29, 1.82) is 0 Å². The number of carbonyl (C=O) groups is 1. The van der Waals surface area contributed by atoms with E-state index >= 15 is 0 Å². The highest BCUT2D eigenvalue weighted by Crippen LogP contribution is 2.31. The molecule has 2 aliphatic rings. The van der Waals surface area contributed by atoms with Crippen LogP contribution in [0.1, 0.15) is 0 Å². The van der Waals surface area contributed by atoms with Gasteiger partial charge >= 0.3 is 0 Å². The number of thioether (sulfide) groups is 1. The van der Waals surface area contributed by atoms with Gasteiger partial charge in [-0.05, 0) is 0 Å². The number of aliphatic hydroxyl groups excluding tert-OH is 1. The Morgan fingerprint density at radius 1 is 1.50 bits per heavy atom. The first-order valence-corrected chi connectivity index (χ1v) is 5.31. The fourth-order valence-corrected chi connectivity index (χ4v) is 3.01. The predicted octanol–water partition coefficient (Wildman–Crippen LogP) is -0.0742. The molecule has 68 valence electrons. The van der Waals surface area contributed by atoms with E-state index in [1.165, 1.54) is 0 Å². The highest BCUT2D eigenvalue weighted by atomic mass is 32.2. The zero-order valence-corrected chi connectivity index (χ0v) is 7.55. The summed E-state index contributed by atoms with van der Waals surface area (Å²) < 4.78 is 5.12. The van der Waals surface area contributed by atoms with Gasteiger partial charge in [0.15, 0.2) is 0 Å². The fraction of sp³-hybridized carbons (Fsp3) is 0.875. The summed E-state index contributed by atoms with van der Waals surface area (Å²) in [6.07, 6.45) is -0.419. The molecule has 2 fully saturated rings. The van der Waals surface area contributed by atoms with Gasteiger partial charge in [0.25, 0.3) is 0 Å². The number of Topliss-reactive ketones (excluding diaryl/α,β-unsaturated/α-hetero) is 1. The molecule has 0 radical (unpaired) electrons. The van der Waals surface area contributed by atoms with Gasteiger partial charge in [-0.25, -0.2) is 0 Å². The average Bonchev–Trinajstić information content (AvgIpc) is 2.59. The van der Waals surface area contributed by atoms with Crippen LogP contribution in [0.4, 0.5) is 0 Å². The molecule has 0 saturated carbocycles. The van der Waals surface area contributed by atoms with Crippen LogP contribution in [0.3, 0.4) is 0 Å². The van der Waals surface area contributed by atoms with Gasteiger partial charge in [-0.15, -0.1) is 0 Å². The summed E-state index contributed by atoms with van der Waals surface area (Å²) in [6, 6.07) is 0. The Morgan fingerprint density at radius 3 is 2.83 bits per heavy atom. The van der Waals surface area contributed by atoms with Crippen LogP contribution < -0.4 is 0 Å². The number of rotatable bonds is 1. The molecule has 0 aromatic rings. The van der Waals surface area contributed by atoms with Crippen molar-refractivity contribution in [3.63, 3.8) is 0 Å². The van der Waals surface area contributed by atoms with Crippen molar-refractivity contribution in [2.24, 2.45) is 11.8 Å². The molecule has 2 rings (SSSR count). The van der Waals surface area contributed by atoms with Crippen LogP contribution >= 0.6 is 11.8 Å². The Kier molecular flexibility index (Phi) is 2.39. The maximum atomic E-state index is 11.3. The first-order chi connectivity index (χ1) is 5.79. The minimum atomic E-state index is -0.419. The Hall–Kier alpha value is -0.0600. The van der Waals surface area contributed by atoms with E-state index in [2.05, 4.69) is 0 Å². The maximum absolute atomic E-state index is 11.3. The van der Waals surface area contributed by atoms with E-state index in [0.29, 0.717) is 19.0 Å². The highest BCUT2D eigenvalue weighted by Gasteiger charge is 2.39. The molecule has 0 spiro atoms. The molecule has 3 nitrogen and oxygen atoms in total. The average molecular weight is 188 g/mol. The van der Waals surface area contributed by atoms with Crippen LogP contribution in [0.5, 0.6) is 0 Å². The molecule has 0 aromatic heterocycles. The second-order valence-electron chi connectivity index (χ2n) is 3.36. The summed E-state index contributed by atoms with van der Waals surface area (Å²) in [5.41, 5.74) is 0. The summed E-state index contributed by atoms with van der Waals surface area (Å²) in [5, 5.41) is 9.48. The molecular weight excluding hydrogens is 176 g/mol. The third-order valence-corrected chi connectivity index (χ3v) is 3.65. The van der Waals surface area contributed by atoms with Crippen molar-refractivity contribution in [3.8, 4) is 0 Å². The zero-order valence-electron chi connectivity index (χ0n) is 6.73. The first-order valence-electron chi connectivity index (χ1n) is 4.15. The van der Waals surface area contributed by atoms with Crippen molar-refractivity contribution < 1.29 is 14.6 Å². The lowest BCUT2D eigenvalue weighted by Gasteiger charge is -2.17. The minimum absolute atomic E-state index is 0.0486. The topological polar surface area (TPSA) is 46.5 Å². The number of carbonyl (C=O) groups excluding carboxylic acids is 1. The van der Waals surface area contributed by atoms with E-state index in [1.807, 2.05) is 0 Å². The molecule has 2 aliphatic heterocycles. The number of aliphatic hydroxyl groups is 1. The van der Waals surface area contributed by atoms with Gasteiger partial charge < -0.3 is 9.84 Å². The molecule has 2 saturated heterocycles. The molecule has 0 bridgehead atoms. The monoisotopic (exact) mass is 188 g/mol. The maximum Gasteiger partial charge on any atom is 0.147 e. The molecule has 2 heterocycles. The van der Waals surface area contributed by atoms with Crippen LogP contribution in [0, 0.1) is 11.8 Å². The van der Waals surface area contributed by atoms with Gasteiger partial charge in [0, 0.05) is 17.6 Å². The molecule has 4 heteroatoms. The standard InChI is InChI=1S/C8H12O3S/c9-7-2-11-1-5(7)6-3-12-4-8(6)10/h5-7,9H,1-4H2. The van der Waals surface area contributed by atoms with Gasteiger partial charge in [0.1, 0.15) is 5.78 Å². The lowest BCUT2D eigenvalue weighted by Crippen LogP contribution is -2.30. The summed E-state index contributed by atoms with van der Waals surface area (Å²) in [7, 11) is 0. The van der Waals surface area contributed by atoms with E-state index in [-0.39, 0.29) is 17.6 Å². The van der Waals surface area contributed by atoms with E-state index in [0.717, 1.165) is 5.75 Å². The third kappa shape index (κ3) is 1.39. The second kappa shape index (κ2) is 3.36. The summed E-state index contributed by atoms with van der Waals surface area (Å²) >= 11 is 1.66. The molecular formula is C8H12O3S. The van der Waals surface area contributed by atoms with Gasteiger partial charge in [0.2, 0.25) is 0 Å². The first kappa shape index (κ1) is 8.53. The highest BCUT2D eigenvalue weighted by molar-refractivity contribution is 8.00. The lowest BCUT2D eigenvalue weighted by atomic mass is 9.89. The Bertz CT molecular complexity index is 195. The number of ether oxygens (including phenoxy) is 1. The Morgan fingerprint density at radius 2 is 2.33 bits per heavy atom. The summed E-state index contributed by atoms with van der Waals surface area (Å²) in [5.74, 6) is 1.88. The van der Waals surface area contributed by atoms with Crippen LogP contribution in [0.25, 0.3) is 0 Å². The van der Waals surface area contributed by atoms with Gasteiger partial charge in [0.05, 0.1) is 25.1 Å². The van der Waals surface area contributed by atoms with E-state index in [4.69, 9.17) is 4.74 Å². The quantitative estimate of drug-likeness (QED) is 0.625. The van der Waals surface area contributed by atoms with E-state index in [9.17, 15) is 9.90 Å². The smallest absolute Gasteiger partial charge is 0.147 e. The van der Waals surface area contributed by atoms with Gasteiger partial charge in [-0.2, -0.15) is 11.8 Å². The number of hydrogen-bond donors (Lipinski definition) is 1. The Balaban J connectivity index is 2.03. The molecule has 0 aliphatic carbocycles. The van der Waals surface area contributed by atoms with Crippen molar-refractivity contribution in [2.45, 2.75) is 6.10 Å². The van der Waals surface area contributed by atoms with Gasteiger partial charge in [-0.1, -0.05) is 0 Å². The molecule has 12 heavy (non-hydrogen) atoms. The molecule has 0 amide bonds. The SMILES string of the molecule is O=C1CSCC1C1COCC1O. The third-order valence-electron chi connectivity index (χ3n) is 2.57. The van der Waals surface area contributed by atoms with Crippen molar-refractivity contribution in [1.82, 2.24) is 0 Å². The second-order valence-corrected chi connectivity index (χ2v) is 4.39. The Labute approximate surface area is 75.5 Å². The normalized spacial score (nSPS) is 42.4. The number of hydrogen-bond acceptors (Lipinski definition) is 4. The molecule has 3 unspecified atom stereocenters. The van der Waals surface area contributed by atoms with E-state index < -0.39 is 6.10 Å².